The summed E-state index contributed by atoms with van der Waals surface area (Å²) in [5.74, 6) is 0. The van der Waals surface area contributed by atoms with Gasteiger partial charge in [-0.2, -0.15) is 0 Å². The molecule has 0 heterocycles. The van der Waals surface area contributed by atoms with Gasteiger partial charge in [-0.1, -0.05) is 0 Å². The van der Waals surface area contributed by atoms with Gasteiger partial charge >= 0.3 is 51.4 Å². The minimum absolute atomic E-state index is 0. The van der Waals surface area contributed by atoms with Crippen molar-refractivity contribution < 1.29 is 62.0 Å². The second-order valence-electron chi connectivity index (χ2n) is 0. The first-order chi connectivity index (χ1) is 1.00. The zero-order valence-corrected chi connectivity index (χ0v) is 8.76. The predicted molar refractivity (Wildman–Crippen MR) is 25.5 cm³/mol. The van der Waals surface area contributed by atoms with Gasteiger partial charge in [0.2, 0.25) is 0 Å². The summed E-state index contributed by atoms with van der Waals surface area (Å²) in [4.78, 5) is 0. The minimum atomic E-state index is 0. The Morgan fingerprint density at radius 2 is 1.20 bits per heavy atom. The van der Waals surface area contributed by atoms with Crippen LogP contribution >= 0.6 is 24.0 Å². The van der Waals surface area contributed by atoms with Crippen molar-refractivity contribution in [2.24, 2.45) is 0 Å². The largest absolute Gasteiger partial charge is 1.00 e. The van der Waals surface area contributed by atoms with Crippen LogP contribution in [0.1, 0.15) is 0 Å². The van der Waals surface area contributed by atoms with Crippen molar-refractivity contribution in [2.75, 3.05) is 7.11 Å². The molecule has 4 heteroatoms. The van der Waals surface area contributed by atoms with E-state index in [1.165, 1.54) is 0 Å². The summed E-state index contributed by atoms with van der Waals surface area (Å²) in [5, 5.41) is 7.00. The van der Waals surface area contributed by atoms with Gasteiger partial charge in [-0.3, -0.25) is 0 Å². The molecule has 0 aromatic rings. The number of rotatable bonds is 0. The van der Waals surface area contributed by atoms with Crippen LogP contribution in [0.15, 0.2) is 0 Å². The van der Waals surface area contributed by atoms with Crippen LogP contribution in [-0.4, -0.2) is 17.7 Å². The van der Waals surface area contributed by atoms with Gasteiger partial charge in [-0.15, -0.1) is 24.0 Å². The first-order valence-electron chi connectivity index (χ1n) is 0.447. The summed E-state index contributed by atoms with van der Waals surface area (Å²) in [6.07, 6.45) is 0. The van der Waals surface area contributed by atoms with E-state index < -0.39 is 0 Å². The van der Waals surface area contributed by atoms with E-state index in [9.17, 15) is 0 Å². The first-order valence-corrected chi connectivity index (χ1v) is 0.447. The van der Waals surface area contributed by atoms with Crippen molar-refractivity contribution in [1.82, 2.24) is 0 Å². The first kappa shape index (κ1) is 26.7. The van der Waals surface area contributed by atoms with Crippen LogP contribution in [0.4, 0.5) is 0 Å². The van der Waals surface area contributed by atoms with E-state index in [1.807, 2.05) is 0 Å². The number of halogens is 1. The molecule has 0 rings (SSSR count). The smallest absolute Gasteiger partial charge is 0.870 e. The van der Waals surface area contributed by atoms with Crippen LogP contribution in [0, 0.1) is 0 Å². The molecule has 0 saturated heterocycles. The van der Waals surface area contributed by atoms with Gasteiger partial charge in [0.05, 0.1) is 0 Å². The zero-order chi connectivity index (χ0) is 2.00. The van der Waals surface area contributed by atoms with Crippen LogP contribution in [-0.2, 0) is 0 Å². The van der Waals surface area contributed by atoms with Gasteiger partial charge < -0.3 is 10.6 Å². The Balaban J connectivity index is -0.00000000167. The third-order valence-corrected chi connectivity index (χ3v) is 0. The van der Waals surface area contributed by atoms with E-state index in [0.29, 0.717) is 0 Å². The topological polar surface area (TPSA) is 50.2 Å². The quantitative estimate of drug-likeness (QED) is 0.348. The normalized spacial score (nSPS) is 1.20. The second kappa shape index (κ2) is 33.6. The molecule has 0 aromatic heterocycles. The second-order valence-corrected chi connectivity index (χ2v) is 0. The molecule has 2 nitrogen and oxygen atoms in total. The van der Waals surface area contributed by atoms with Gasteiger partial charge in [0, 0.05) is 7.11 Å². The molecule has 0 aliphatic rings. The maximum Gasteiger partial charge on any atom is 1.00 e. The van der Waals surface area contributed by atoms with Crippen molar-refractivity contribution in [1.29, 1.82) is 0 Å². The Kier molecular flexibility index (Phi) is 179. The molecule has 0 atom stereocenters. The maximum atomic E-state index is 7.00. The van der Waals surface area contributed by atoms with Crippen LogP contribution in [0.2, 0.25) is 0 Å². The zero-order valence-electron chi connectivity index (χ0n) is 3.30. The van der Waals surface area contributed by atoms with Gasteiger partial charge in [0.1, 0.15) is 0 Å². The summed E-state index contributed by atoms with van der Waals surface area (Å²) in [5.41, 5.74) is 0. The van der Waals surface area contributed by atoms with Crippen molar-refractivity contribution >= 4 is 24.0 Å². The number of aliphatic hydroxyl groups excluding tert-OH is 1. The van der Waals surface area contributed by atoms with Crippen molar-refractivity contribution in [3.05, 3.63) is 0 Å². The molecule has 0 aliphatic carbocycles. The van der Waals surface area contributed by atoms with E-state index in [-0.39, 0.29) is 80.8 Å². The molecule has 2 N–H and O–H groups in total. The summed E-state index contributed by atoms with van der Waals surface area (Å²) >= 11 is 0. The molecule has 30 valence electrons. The minimum Gasteiger partial charge on any atom is -0.870 e. The average molecular weight is 216 g/mol. The Morgan fingerprint density at radius 3 is 1.20 bits per heavy atom. The van der Waals surface area contributed by atoms with Gasteiger partial charge in [-0.25, -0.2) is 0 Å². The third kappa shape index (κ3) is 22.1. The predicted octanol–water partition coefficient (Wildman–Crippen LogP) is -2.95. The molecular weight excluding hydrogens is 210 g/mol. The third-order valence-electron chi connectivity index (χ3n) is 0. The van der Waals surface area contributed by atoms with Gasteiger partial charge in [0.15, 0.2) is 0 Å². The van der Waals surface area contributed by atoms with Crippen LogP contribution in [0.5, 0.6) is 0 Å². The summed E-state index contributed by atoms with van der Waals surface area (Å²) in [7, 11) is 1.00. The molecule has 0 amide bonds. The molecule has 0 spiro atoms. The van der Waals surface area contributed by atoms with E-state index in [1.54, 1.807) is 0 Å². The van der Waals surface area contributed by atoms with E-state index in [2.05, 4.69) is 0 Å². The van der Waals surface area contributed by atoms with E-state index in [4.69, 9.17) is 5.11 Å². The van der Waals surface area contributed by atoms with Gasteiger partial charge in [-0.05, 0) is 0 Å². The summed E-state index contributed by atoms with van der Waals surface area (Å²) in [6.45, 7) is 0. The fourth-order valence-electron chi connectivity index (χ4n) is 0. The van der Waals surface area contributed by atoms with E-state index >= 15 is 0 Å². The fraction of sp³-hybridized carbons (Fsp3) is 1.00. The Bertz CT molecular complexity index is 9.61. The Morgan fingerprint density at radius 1 is 1.20 bits per heavy atom. The average Bonchev–Trinajstić information content (AvgIpc) is 1.00. The standard InChI is InChI=1S/CH4O.HI.K.H2O/c1-2;;;/h2H,1H3;1H;;1H2/q;;+1;/p-1. The van der Waals surface area contributed by atoms with Crippen molar-refractivity contribution in [3.63, 3.8) is 0 Å². The molecule has 0 radical (unpaired) electrons. The number of hydrogen-bond donors (Lipinski definition) is 1. The SMILES string of the molecule is CO.I.[K+].[OH-]. The molecule has 0 fully saturated rings. The molecular formula is CH6IKO2. The van der Waals surface area contributed by atoms with Gasteiger partial charge in [0.25, 0.3) is 0 Å². The summed E-state index contributed by atoms with van der Waals surface area (Å²) in [6, 6.07) is 0. The van der Waals surface area contributed by atoms with E-state index in [0.717, 1.165) is 7.11 Å². The number of hydrogen-bond acceptors (Lipinski definition) is 2. The molecule has 0 bridgehead atoms. The summed E-state index contributed by atoms with van der Waals surface area (Å²) < 4.78 is 0. The monoisotopic (exact) mass is 216 g/mol. The molecule has 0 aromatic carbocycles. The van der Waals surface area contributed by atoms with Crippen LogP contribution in [0.25, 0.3) is 0 Å². The fourth-order valence-corrected chi connectivity index (χ4v) is 0. The molecule has 0 aliphatic heterocycles. The maximum absolute atomic E-state index is 7.00. The number of aliphatic hydroxyl groups is 1. The van der Waals surface area contributed by atoms with Crippen molar-refractivity contribution in [3.8, 4) is 0 Å². The molecule has 0 unspecified atom stereocenters. The Labute approximate surface area is 91.1 Å². The van der Waals surface area contributed by atoms with Crippen molar-refractivity contribution in [2.45, 2.75) is 0 Å². The van der Waals surface area contributed by atoms with Crippen LogP contribution < -0.4 is 51.4 Å². The molecule has 5 heavy (non-hydrogen) atoms. The molecule has 0 saturated carbocycles. The van der Waals surface area contributed by atoms with Crippen LogP contribution in [0.3, 0.4) is 0 Å². The Hall–Kier alpha value is 2.29.